The van der Waals surface area contributed by atoms with Gasteiger partial charge in [0.1, 0.15) is 0 Å². The molecular weight excluding hydrogens is 278 g/mol. The normalized spacial score (nSPS) is 13.6. The fraction of sp³-hybridized carbons (Fsp3) is 0.429. The van der Waals surface area contributed by atoms with E-state index in [0.29, 0.717) is 5.56 Å². The number of rotatable bonds is 7. The van der Waals surface area contributed by atoms with Crippen LogP contribution >= 0.6 is 11.8 Å². The highest BCUT2D eigenvalue weighted by atomic mass is 32.2. The fourth-order valence-electron chi connectivity index (χ4n) is 1.89. The molecular formula is C14H19NO4S. The van der Waals surface area contributed by atoms with Crippen molar-refractivity contribution in [3.8, 4) is 0 Å². The smallest absolute Gasteiger partial charge is 0.335 e. The number of aliphatic hydroxyl groups is 1. The Hall–Kier alpha value is -1.53. The average molecular weight is 297 g/mol. The van der Waals surface area contributed by atoms with Crippen molar-refractivity contribution in [2.45, 2.75) is 24.6 Å². The molecule has 3 N–H and O–H groups in total. The predicted molar refractivity (Wildman–Crippen MR) is 79.1 cm³/mol. The monoisotopic (exact) mass is 297 g/mol. The van der Waals surface area contributed by atoms with Crippen molar-refractivity contribution in [1.82, 2.24) is 5.32 Å². The molecule has 1 amide bonds. The SMILES string of the molecule is CSC(CO)C(C)NC(=O)Cc1ccccc1C(=O)O. The third-order valence-corrected chi connectivity index (χ3v) is 4.19. The van der Waals surface area contributed by atoms with Gasteiger partial charge in [0.2, 0.25) is 5.91 Å². The Morgan fingerprint density at radius 3 is 2.55 bits per heavy atom. The molecule has 0 aliphatic rings. The Bertz CT molecular complexity index is 474. The summed E-state index contributed by atoms with van der Waals surface area (Å²) >= 11 is 1.48. The molecule has 1 rings (SSSR count). The standard InChI is InChI=1S/C14H19NO4S/c1-9(12(8-16)20-2)15-13(17)7-10-5-3-4-6-11(10)14(18)19/h3-6,9,12,16H,7-8H2,1-2H3,(H,15,17)(H,18,19). The molecule has 0 aliphatic heterocycles. The summed E-state index contributed by atoms with van der Waals surface area (Å²) in [7, 11) is 0. The molecule has 6 heteroatoms. The minimum Gasteiger partial charge on any atom is -0.478 e. The maximum absolute atomic E-state index is 11.9. The minimum absolute atomic E-state index is 0.0132. The molecule has 0 spiro atoms. The van der Waals surface area contributed by atoms with Gasteiger partial charge in [-0.15, -0.1) is 0 Å². The van der Waals surface area contributed by atoms with Crippen LogP contribution in [0.1, 0.15) is 22.8 Å². The summed E-state index contributed by atoms with van der Waals surface area (Å²) in [5.41, 5.74) is 0.619. The van der Waals surface area contributed by atoms with E-state index in [-0.39, 0.29) is 35.8 Å². The summed E-state index contributed by atoms with van der Waals surface area (Å²) in [6.45, 7) is 1.80. The number of carbonyl (C=O) groups excluding carboxylic acids is 1. The highest BCUT2D eigenvalue weighted by Crippen LogP contribution is 2.12. The zero-order valence-electron chi connectivity index (χ0n) is 11.5. The van der Waals surface area contributed by atoms with E-state index in [1.807, 2.05) is 13.2 Å². The Morgan fingerprint density at radius 2 is 2.00 bits per heavy atom. The van der Waals surface area contributed by atoms with Crippen LogP contribution in [0.2, 0.25) is 0 Å². The van der Waals surface area contributed by atoms with E-state index in [4.69, 9.17) is 10.2 Å². The van der Waals surface area contributed by atoms with Crippen molar-refractivity contribution in [2.24, 2.45) is 0 Å². The molecule has 0 heterocycles. The summed E-state index contributed by atoms with van der Waals surface area (Å²) in [4.78, 5) is 23.0. The Labute approximate surface area is 122 Å². The molecule has 2 unspecified atom stereocenters. The lowest BCUT2D eigenvalue weighted by Gasteiger charge is -2.21. The van der Waals surface area contributed by atoms with E-state index in [9.17, 15) is 9.59 Å². The van der Waals surface area contributed by atoms with Crippen LogP contribution in [0.25, 0.3) is 0 Å². The fourth-order valence-corrected chi connectivity index (χ4v) is 2.52. The van der Waals surface area contributed by atoms with Crippen molar-refractivity contribution in [3.05, 3.63) is 35.4 Å². The van der Waals surface area contributed by atoms with E-state index in [2.05, 4.69) is 5.32 Å². The number of hydrogen-bond acceptors (Lipinski definition) is 4. The molecule has 2 atom stereocenters. The summed E-state index contributed by atoms with van der Waals surface area (Å²) in [5, 5.41) is 20.9. The Kier molecular flexibility index (Phi) is 6.54. The van der Waals surface area contributed by atoms with Crippen molar-refractivity contribution in [3.63, 3.8) is 0 Å². The number of aliphatic hydroxyl groups excluding tert-OH is 1. The first-order valence-corrected chi connectivity index (χ1v) is 7.52. The van der Waals surface area contributed by atoms with Gasteiger partial charge in [0.25, 0.3) is 0 Å². The van der Waals surface area contributed by atoms with Crippen LogP contribution in [0.5, 0.6) is 0 Å². The lowest BCUT2D eigenvalue weighted by Crippen LogP contribution is -2.42. The number of hydrogen-bond donors (Lipinski definition) is 3. The molecule has 0 fully saturated rings. The molecule has 110 valence electrons. The van der Waals surface area contributed by atoms with Crippen LogP contribution in [-0.2, 0) is 11.2 Å². The average Bonchev–Trinajstić information content (AvgIpc) is 2.40. The molecule has 0 saturated heterocycles. The van der Waals surface area contributed by atoms with E-state index < -0.39 is 5.97 Å². The van der Waals surface area contributed by atoms with Crippen LogP contribution < -0.4 is 5.32 Å². The summed E-state index contributed by atoms with van der Waals surface area (Å²) in [5.74, 6) is -1.29. The summed E-state index contributed by atoms with van der Waals surface area (Å²) < 4.78 is 0. The van der Waals surface area contributed by atoms with Crippen LogP contribution in [0.4, 0.5) is 0 Å². The third kappa shape index (κ3) is 4.54. The van der Waals surface area contributed by atoms with E-state index >= 15 is 0 Å². The molecule has 0 saturated carbocycles. The van der Waals surface area contributed by atoms with Gasteiger partial charge in [-0.3, -0.25) is 4.79 Å². The second-order valence-corrected chi connectivity index (χ2v) is 5.53. The first-order chi connectivity index (χ1) is 9.49. The van der Waals surface area contributed by atoms with Crippen molar-refractivity contribution in [2.75, 3.05) is 12.9 Å². The summed E-state index contributed by atoms with van der Waals surface area (Å²) in [6.07, 6.45) is 1.88. The molecule has 0 radical (unpaired) electrons. The van der Waals surface area contributed by atoms with Gasteiger partial charge in [-0.2, -0.15) is 11.8 Å². The number of carboxylic acid groups (broad SMARTS) is 1. The van der Waals surface area contributed by atoms with E-state index in [0.717, 1.165) is 0 Å². The van der Waals surface area contributed by atoms with Gasteiger partial charge >= 0.3 is 5.97 Å². The lowest BCUT2D eigenvalue weighted by atomic mass is 10.0. The maximum atomic E-state index is 11.9. The molecule has 0 bridgehead atoms. The number of benzene rings is 1. The summed E-state index contributed by atoms with van der Waals surface area (Å²) in [6, 6.07) is 6.26. The largest absolute Gasteiger partial charge is 0.478 e. The van der Waals surface area contributed by atoms with Gasteiger partial charge in [-0.05, 0) is 24.8 Å². The zero-order chi connectivity index (χ0) is 15.1. The van der Waals surface area contributed by atoms with Crippen LogP contribution in [0, 0.1) is 0 Å². The van der Waals surface area contributed by atoms with Crippen LogP contribution in [0.15, 0.2) is 24.3 Å². The molecule has 1 aromatic rings. The molecule has 5 nitrogen and oxygen atoms in total. The number of amides is 1. The lowest BCUT2D eigenvalue weighted by molar-refractivity contribution is -0.121. The highest BCUT2D eigenvalue weighted by Gasteiger charge is 2.18. The number of aromatic carboxylic acids is 1. The third-order valence-electron chi connectivity index (χ3n) is 3.03. The van der Waals surface area contributed by atoms with E-state index in [1.165, 1.54) is 17.8 Å². The maximum Gasteiger partial charge on any atom is 0.335 e. The second-order valence-electron chi connectivity index (χ2n) is 4.45. The first kappa shape index (κ1) is 16.5. The predicted octanol–water partition coefficient (Wildman–Crippen LogP) is 1.16. The van der Waals surface area contributed by atoms with Crippen LogP contribution in [0.3, 0.4) is 0 Å². The topological polar surface area (TPSA) is 86.6 Å². The molecule has 1 aromatic carbocycles. The first-order valence-electron chi connectivity index (χ1n) is 6.23. The van der Waals surface area contributed by atoms with Crippen LogP contribution in [-0.4, -0.2) is 46.2 Å². The molecule has 0 aromatic heterocycles. The molecule has 20 heavy (non-hydrogen) atoms. The van der Waals surface area contributed by atoms with Crippen molar-refractivity contribution < 1.29 is 19.8 Å². The van der Waals surface area contributed by atoms with Gasteiger partial charge in [0.05, 0.1) is 18.6 Å². The highest BCUT2D eigenvalue weighted by molar-refractivity contribution is 7.99. The Morgan fingerprint density at radius 1 is 1.35 bits per heavy atom. The number of nitrogens with one attached hydrogen (secondary N) is 1. The minimum atomic E-state index is -1.04. The quantitative estimate of drug-likeness (QED) is 0.703. The molecule has 0 aliphatic carbocycles. The Balaban J connectivity index is 2.70. The van der Waals surface area contributed by atoms with Gasteiger partial charge in [0.15, 0.2) is 0 Å². The van der Waals surface area contributed by atoms with Crippen molar-refractivity contribution in [1.29, 1.82) is 0 Å². The number of carbonyl (C=O) groups is 2. The second kappa shape index (κ2) is 7.91. The van der Waals surface area contributed by atoms with Gasteiger partial charge in [-0.25, -0.2) is 4.79 Å². The van der Waals surface area contributed by atoms with Gasteiger partial charge < -0.3 is 15.5 Å². The number of thioether (sulfide) groups is 1. The number of carboxylic acids is 1. The van der Waals surface area contributed by atoms with Gasteiger partial charge in [0, 0.05) is 11.3 Å². The zero-order valence-corrected chi connectivity index (χ0v) is 12.3. The van der Waals surface area contributed by atoms with E-state index in [1.54, 1.807) is 18.2 Å². The van der Waals surface area contributed by atoms with Gasteiger partial charge in [-0.1, -0.05) is 18.2 Å². The van der Waals surface area contributed by atoms with Crippen molar-refractivity contribution >= 4 is 23.6 Å².